The van der Waals surface area contributed by atoms with Gasteiger partial charge in [-0.2, -0.15) is 0 Å². The zero-order valence-electron chi connectivity index (χ0n) is 14.8. The molecular weight excluding hydrogens is 370 g/mol. The van der Waals surface area contributed by atoms with Crippen molar-refractivity contribution in [3.05, 3.63) is 65.2 Å². The standard InChI is InChI=1S/C19H19NO6S/c1-3-26-18(21)11-7-14-5-8-15(9-6-14)20-27(24,25)16-10-4-13(2)17(12-16)19(22)23/h4-12,20H,3H2,1-2H3,(H,22,23)/b11-7+. The van der Waals surface area contributed by atoms with E-state index in [2.05, 4.69) is 4.72 Å². The van der Waals surface area contributed by atoms with Crippen LogP contribution in [0.25, 0.3) is 6.08 Å². The van der Waals surface area contributed by atoms with Gasteiger partial charge in [0.05, 0.1) is 17.1 Å². The molecule has 0 bridgehead atoms. The lowest BCUT2D eigenvalue weighted by molar-refractivity contribution is -0.137. The lowest BCUT2D eigenvalue weighted by Gasteiger charge is -2.10. The van der Waals surface area contributed by atoms with Crippen LogP contribution < -0.4 is 4.72 Å². The Hall–Kier alpha value is -3.13. The minimum Gasteiger partial charge on any atom is -0.478 e. The van der Waals surface area contributed by atoms with Gasteiger partial charge >= 0.3 is 11.9 Å². The van der Waals surface area contributed by atoms with E-state index >= 15 is 0 Å². The van der Waals surface area contributed by atoms with Crippen LogP contribution in [-0.4, -0.2) is 32.1 Å². The van der Waals surface area contributed by atoms with Crippen LogP contribution in [0.2, 0.25) is 0 Å². The number of esters is 1. The molecule has 7 nitrogen and oxygen atoms in total. The zero-order chi connectivity index (χ0) is 20.0. The Kier molecular flexibility index (Phi) is 6.36. The Labute approximate surface area is 157 Å². The quantitative estimate of drug-likeness (QED) is 0.556. The van der Waals surface area contributed by atoms with Crippen LogP contribution in [0.5, 0.6) is 0 Å². The second-order valence-corrected chi connectivity index (χ2v) is 7.28. The van der Waals surface area contributed by atoms with Gasteiger partial charge in [-0.15, -0.1) is 0 Å². The molecule has 2 aromatic rings. The summed E-state index contributed by atoms with van der Waals surface area (Å²) in [6.07, 6.45) is 2.83. The zero-order valence-corrected chi connectivity index (χ0v) is 15.6. The number of nitrogens with one attached hydrogen (secondary N) is 1. The number of sulfonamides is 1. The van der Waals surface area contributed by atoms with Gasteiger partial charge in [-0.25, -0.2) is 18.0 Å². The molecule has 27 heavy (non-hydrogen) atoms. The van der Waals surface area contributed by atoms with E-state index < -0.39 is 22.0 Å². The highest BCUT2D eigenvalue weighted by Gasteiger charge is 2.17. The highest BCUT2D eigenvalue weighted by Crippen LogP contribution is 2.20. The summed E-state index contributed by atoms with van der Waals surface area (Å²) in [7, 11) is -3.94. The third-order valence-electron chi connectivity index (χ3n) is 3.61. The molecule has 2 aromatic carbocycles. The number of carbonyl (C=O) groups excluding carboxylic acids is 1. The summed E-state index contributed by atoms with van der Waals surface area (Å²) in [5.74, 6) is -1.65. The van der Waals surface area contributed by atoms with Crippen molar-refractivity contribution in [1.82, 2.24) is 0 Å². The monoisotopic (exact) mass is 389 g/mol. The average Bonchev–Trinajstić information content (AvgIpc) is 2.61. The fourth-order valence-electron chi connectivity index (χ4n) is 2.23. The molecule has 0 radical (unpaired) electrons. The molecular formula is C19H19NO6S. The largest absolute Gasteiger partial charge is 0.478 e. The molecule has 0 atom stereocenters. The maximum Gasteiger partial charge on any atom is 0.335 e. The van der Waals surface area contributed by atoms with Crippen molar-refractivity contribution in [1.29, 1.82) is 0 Å². The summed E-state index contributed by atoms with van der Waals surface area (Å²) in [4.78, 5) is 22.3. The minimum absolute atomic E-state index is 0.0719. The molecule has 0 aromatic heterocycles. The van der Waals surface area contributed by atoms with E-state index in [-0.39, 0.29) is 17.1 Å². The second-order valence-electron chi connectivity index (χ2n) is 5.59. The maximum absolute atomic E-state index is 12.5. The molecule has 0 aliphatic carbocycles. The summed E-state index contributed by atoms with van der Waals surface area (Å²) >= 11 is 0. The molecule has 2 rings (SSSR count). The van der Waals surface area contributed by atoms with Crippen molar-refractivity contribution in [3.8, 4) is 0 Å². The lowest BCUT2D eigenvalue weighted by Crippen LogP contribution is -2.14. The fraction of sp³-hybridized carbons (Fsp3) is 0.158. The van der Waals surface area contributed by atoms with E-state index in [1.165, 1.54) is 30.3 Å². The van der Waals surface area contributed by atoms with Gasteiger partial charge in [-0.3, -0.25) is 4.72 Å². The highest BCUT2D eigenvalue weighted by atomic mass is 32.2. The number of benzene rings is 2. The minimum atomic E-state index is -3.94. The Bertz CT molecular complexity index is 978. The Morgan fingerprint density at radius 3 is 2.41 bits per heavy atom. The Balaban J connectivity index is 2.17. The Morgan fingerprint density at radius 2 is 1.81 bits per heavy atom. The number of carboxylic acids is 1. The number of carbonyl (C=O) groups is 2. The van der Waals surface area contributed by atoms with Crippen molar-refractivity contribution in [2.45, 2.75) is 18.7 Å². The third kappa shape index (κ3) is 5.42. The molecule has 0 aliphatic rings. The van der Waals surface area contributed by atoms with Gasteiger partial charge in [0.1, 0.15) is 0 Å². The van der Waals surface area contributed by atoms with Crippen molar-refractivity contribution < 1.29 is 27.9 Å². The SMILES string of the molecule is CCOC(=O)/C=C/c1ccc(NS(=O)(=O)c2ccc(C)c(C(=O)O)c2)cc1. The predicted molar refractivity (Wildman–Crippen MR) is 101 cm³/mol. The first-order valence-electron chi connectivity index (χ1n) is 8.04. The van der Waals surface area contributed by atoms with Crippen molar-refractivity contribution >= 4 is 33.7 Å². The molecule has 0 heterocycles. The van der Waals surface area contributed by atoms with Crippen LogP contribution in [0.1, 0.15) is 28.4 Å². The smallest absolute Gasteiger partial charge is 0.335 e. The van der Waals surface area contributed by atoms with Crippen LogP contribution in [0.15, 0.2) is 53.4 Å². The number of hydrogen-bond acceptors (Lipinski definition) is 5. The molecule has 0 amide bonds. The molecule has 0 fully saturated rings. The predicted octanol–water partition coefficient (Wildman–Crippen LogP) is 3.07. The van der Waals surface area contributed by atoms with E-state index in [0.29, 0.717) is 16.8 Å². The van der Waals surface area contributed by atoms with E-state index in [0.717, 1.165) is 6.07 Å². The normalized spacial score (nSPS) is 11.3. The number of anilines is 1. The topological polar surface area (TPSA) is 110 Å². The first kappa shape index (κ1) is 20.2. The van der Waals surface area contributed by atoms with Crippen molar-refractivity contribution in [2.24, 2.45) is 0 Å². The van der Waals surface area contributed by atoms with E-state index in [1.54, 1.807) is 32.1 Å². The summed E-state index contributed by atoms with van der Waals surface area (Å²) in [6, 6.07) is 10.2. The van der Waals surface area contributed by atoms with Gasteiger partial charge in [0, 0.05) is 11.8 Å². The number of ether oxygens (including phenoxy) is 1. The third-order valence-corrected chi connectivity index (χ3v) is 4.99. The summed E-state index contributed by atoms with van der Waals surface area (Å²) in [5, 5.41) is 9.14. The summed E-state index contributed by atoms with van der Waals surface area (Å²) < 4.78 is 32.1. The van der Waals surface area contributed by atoms with Crippen LogP contribution in [0.4, 0.5) is 5.69 Å². The number of rotatable bonds is 7. The number of aryl methyl sites for hydroxylation is 1. The maximum atomic E-state index is 12.5. The molecule has 0 aliphatic heterocycles. The first-order chi connectivity index (χ1) is 12.7. The first-order valence-corrected chi connectivity index (χ1v) is 9.53. The summed E-state index contributed by atoms with van der Waals surface area (Å²) in [6.45, 7) is 3.59. The second kappa shape index (κ2) is 8.50. The van der Waals surface area contributed by atoms with Gasteiger partial charge in [0.2, 0.25) is 0 Å². The molecule has 0 unspecified atom stereocenters. The van der Waals surface area contributed by atoms with Gasteiger partial charge in [-0.05, 0) is 55.3 Å². The van der Waals surface area contributed by atoms with E-state index in [4.69, 9.17) is 9.84 Å². The highest BCUT2D eigenvalue weighted by molar-refractivity contribution is 7.92. The lowest BCUT2D eigenvalue weighted by atomic mass is 10.1. The van der Waals surface area contributed by atoms with Crippen LogP contribution in [0.3, 0.4) is 0 Å². The van der Waals surface area contributed by atoms with Gasteiger partial charge in [-0.1, -0.05) is 18.2 Å². The molecule has 8 heteroatoms. The summed E-state index contributed by atoms with van der Waals surface area (Å²) in [5.41, 5.74) is 1.40. The molecule has 0 saturated heterocycles. The van der Waals surface area contributed by atoms with E-state index in [9.17, 15) is 18.0 Å². The van der Waals surface area contributed by atoms with Crippen LogP contribution in [0, 0.1) is 6.92 Å². The van der Waals surface area contributed by atoms with Gasteiger partial charge in [0.25, 0.3) is 10.0 Å². The molecule has 2 N–H and O–H groups in total. The van der Waals surface area contributed by atoms with Crippen molar-refractivity contribution in [3.63, 3.8) is 0 Å². The number of carboxylic acid groups (broad SMARTS) is 1. The fourth-order valence-corrected chi connectivity index (χ4v) is 3.31. The molecule has 0 spiro atoms. The van der Waals surface area contributed by atoms with Gasteiger partial charge in [0.15, 0.2) is 0 Å². The van der Waals surface area contributed by atoms with Crippen molar-refractivity contribution in [2.75, 3.05) is 11.3 Å². The van der Waals surface area contributed by atoms with Crippen LogP contribution in [-0.2, 0) is 19.6 Å². The Morgan fingerprint density at radius 1 is 1.15 bits per heavy atom. The van der Waals surface area contributed by atoms with E-state index in [1.807, 2.05) is 0 Å². The number of aromatic carboxylic acids is 1. The molecule has 142 valence electrons. The average molecular weight is 389 g/mol. The molecule has 0 saturated carbocycles. The number of hydrogen-bond donors (Lipinski definition) is 2. The van der Waals surface area contributed by atoms with Crippen LogP contribution >= 0.6 is 0 Å². The van der Waals surface area contributed by atoms with Gasteiger partial charge < -0.3 is 9.84 Å².